The zero-order valence-corrected chi connectivity index (χ0v) is 9.50. The lowest BCUT2D eigenvalue weighted by Crippen LogP contribution is -1.97. The molecule has 1 aromatic carbocycles. The summed E-state index contributed by atoms with van der Waals surface area (Å²) in [6.07, 6.45) is 0.770. The van der Waals surface area contributed by atoms with Crippen molar-refractivity contribution in [2.24, 2.45) is 0 Å². The molecule has 1 heterocycles. The van der Waals surface area contributed by atoms with E-state index in [4.69, 9.17) is 5.11 Å². The molecule has 0 fully saturated rings. The second-order valence-corrected chi connectivity index (χ2v) is 4.12. The molecule has 2 N–H and O–H groups in total. The number of hydrogen-bond donors (Lipinski definition) is 2. The first-order chi connectivity index (χ1) is 7.59. The Balaban J connectivity index is 2.48. The summed E-state index contributed by atoms with van der Waals surface area (Å²) in [6, 6.07) is 6.11. The van der Waals surface area contributed by atoms with Crippen LogP contribution in [0.4, 0.5) is 0 Å². The molecule has 0 unspecified atom stereocenters. The summed E-state index contributed by atoms with van der Waals surface area (Å²) in [4.78, 5) is 13.9. The van der Waals surface area contributed by atoms with Crippen molar-refractivity contribution in [1.82, 2.24) is 4.98 Å². The summed E-state index contributed by atoms with van der Waals surface area (Å²) in [5.74, 6) is -0.749. The number of rotatable bonds is 3. The predicted molar refractivity (Wildman–Crippen MR) is 63.7 cm³/mol. The van der Waals surface area contributed by atoms with E-state index < -0.39 is 5.97 Å². The fourth-order valence-electron chi connectivity index (χ4n) is 2.10. The summed E-state index contributed by atoms with van der Waals surface area (Å²) < 4.78 is 0. The molecule has 16 heavy (non-hydrogen) atoms. The van der Waals surface area contributed by atoms with Gasteiger partial charge in [0.05, 0.1) is 0 Å². The number of carboxylic acid groups (broad SMARTS) is 1. The zero-order chi connectivity index (χ0) is 11.7. The molecular weight excluding hydrogens is 202 g/mol. The number of aliphatic carboxylic acids is 1. The third-order valence-corrected chi connectivity index (χ3v) is 2.95. The van der Waals surface area contributed by atoms with Crippen molar-refractivity contribution in [2.45, 2.75) is 26.7 Å². The molecule has 1 aromatic heterocycles. The van der Waals surface area contributed by atoms with Crippen LogP contribution in [0.15, 0.2) is 18.2 Å². The van der Waals surface area contributed by atoms with E-state index in [2.05, 4.69) is 18.0 Å². The number of carbonyl (C=O) groups is 1. The molecule has 0 aliphatic rings. The van der Waals surface area contributed by atoms with Gasteiger partial charge in [-0.1, -0.05) is 18.2 Å². The van der Waals surface area contributed by atoms with Crippen LogP contribution in [0.25, 0.3) is 10.9 Å². The number of hydrogen-bond acceptors (Lipinski definition) is 1. The summed E-state index contributed by atoms with van der Waals surface area (Å²) in [6.45, 7) is 4.05. The number of aryl methyl sites for hydroxylation is 3. The number of aromatic nitrogens is 1. The van der Waals surface area contributed by atoms with E-state index in [0.29, 0.717) is 6.42 Å². The van der Waals surface area contributed by atoms with Crippen molar-refractivity contribution < 1.29 is 9.90 Å². The molecule has 3 heteroatoms. The Morgan fingerprint density at radius 3 is 2.81 bits per heavy atom. The van der Waals surface area contributed by atoms with Crippen LogP contribution in [0.1, 0.15) is 23.2 Å². The van der Waals surface area contributed by atoms with Gasteiger partial charge in [-0.05, 0) is 31.4 Å². The minimum absolute atomic E-state index is 0.182. The first kappa shape index (κ1) is 10.7. The molecule has 0 saturated heterocycles. The lowest BCUT2D eigenvalue weighted by Gasteiger charge is -1.99. The first-order valence-corrected chi connectivity index (χ1v) is 5.38. The molecule has 0 aliphatic carbocycles. The van der Waals surface area contributed by atoms with Crippen LogP contribution in [0.3, 0.4) is 0 Å². The van der Waals surface area contributed by atoms with Crippen LogP contribution in [0.5, 0.6) is 0 Å². The van der Waals surface area contributed by atoms with Gasteiger partial charge in [0, 0.05) is 23.0 Å². The largest absolute Gasteiger partial charge is 0.481 e. The Morgan fingerprint density at radius 1 is 1.38 bits per heavy atom. The van der Waals surface area contributed by atoms with Crippen molar-refractivity contribution in [1.29, 1.82) is 0 Å². The van der Waals surface area contributed by atoms with Crippen molar-refractivity contribution in [3.05, 3.63) is 35.0 Å². The number of benzene rings is 1. The summed E-state index contributed by atoms with van der Waals surface area (Å²) in [5.41, 5.74) is 4.52. The van der Waals surface area contributed by atoms with Gasteiger partial charge in [0.15, 0.2) is 0 Å². The topological polar surface area (TPSA) is 53.1 Å². The number of para-hydroxylation sites is 1. The molecule has 0 saturated carbocycles. The van der Waals surface area contributed by atoms with Gasteiger partial charge in [-0.3, -0.25) is 4.79 Å². The molecule has 2 rings (SSSR count). The highest BCUT2D eigenvalue weighted by Crippen LogP contribution is 2.25. The summed E-state index contributed by atoms with van der Waals surface area (Å²) in [5, 5.41) is 9.87. The fraction of sp³-hybridized carbons (Fsp3) is 0.308. The molecule has 0 bridgehead atoms. The van der Waals surface area contributed by atoms with Crippen LogP contribution >= 0.6 is 0 Å². The minimum atomic E-state index is -0.749. The van der Waals surface area contributed by atoms with Crippen LogP contribution in [-0.4, -0.2) is 16.1 Å². The highest BCUT2D eigenvalue weighted by molar-refractivity contribution is 5.87. The quantitative estimate of drug-likeness (QED) is 0.830. The van der Waals surface area contributed by atoms with E-state index in [1.54, 1.807) is 0 Å². The van der Waals surface area contributed by atoms with E-state index in [-0.39, 0.29) is 6.42 Å². The molecule has 2 aromatic rings. The number of nitrogens with one attached hydrogen (secondary N) is 1. The van der Waals surface area contributed by atoms with Crippen molar-refractivity contribution >= 4 is 16.9 Å². The van der Waals surface area contributed by atoms with Gasteiger partial charge < -0.3 is 10.1 Å². The Kier molecular flexibility index (Phi) is 2.69. The van der Waals surface area contributed by atoms with E-state index in [1.165, 1.54) is 5.56 Å². The molecule has 0 atom stereocenters. The maximum absolute atomic E-state index is 10.6. The maximum Gasteiger partial charge on any atom is 0.303 e. The number of carboxylic acids is 1. The molecule has 84 valence electrons. The maximum atomic E-state index is 10.6. The molecule has 0 radical (unpaired) electrons. The highest BCUT2D eigenvalue weighted by atomic mass is 16.4. The van der Waals surface area contributed by atoms with Crippen LogP contribution in [-0.2, 0) is 11.2 Å². The van der Waals surface area contributed by atoms with Crippen molar-refractivity contribution in [3.63, 3.8) is 0 Å². The molecular formula is C13H15NO2. The average molecular weight is 217 g/mol. The third kappa shape index (κ3) is 1.81. The van der Waals surface area contributed by atoms with Gasteiger partial charge in [0.2, 0.25) is 0 Å². The van der Waals surface area contributed by atoms with Gasteiger partial charge in [-0.15, -0.1) is 0 Å². The standard InChI is InChI=1S/C13H15NO2/c1-8-4-3-5-11-10(6-7-12(15)16)9(2)14-13(8)11/h3-5,14H,6-7H2,1-2H3,(H,15,16). The second kappa shape index (κ2) is 4.00. The van der Waals surface area contributed by atoms with Crippen LogP contribution in [0, 0.1) is 13.8 Å². The van der Waals surface area contributed by atoms with Gasteiger partial charge >= 0.3 is 5.97 Å². The predicted octanol–water partition coefficient (Wildman–Crippen LogP) is 2.80. The Bertz CT molecular complexity index is 540. The van der Waals surface area contributed by atoms with Gasteiger partial charge in [0.25, 0.3) is 0 Å². The zero-order valence-electron chi connectivity index (χ0n) is 9.50. The lowest BCUT2D eigenvalue weighted by molar-refractivity contribution is -0.136. The number of fused-ring (bicyclic) bond motifs is 1. The summed E-state index contributed by atoms with van der Waals surface area (Å²) in [7, 11) is 0. The Morgan fingerprint density at radius 2 is 2.12 bits per heavy atom. The molecule has 0 aliphatic heterocycles. The van der Waals surface area contributed by atoms with Gasteiger partial charge in [-0.2, -0.15) is 0 Å². The van der Waals surface area contributed by atoms with Crippen LogP contribution < -0.4 is 0 Å². The average Bonchev–Trinajstić information content (AvgIpc) is 2.53. The van der Waals surface area contributed by atoms with E-state index >= 15 is 0 Å². The van der Waals surface area contributed by atoms with E-state index in [0.717, 1.165) is 22.2 Å². The number of aromatic amines is 1. The smallest absolute Gasteiger partial charge is 0.303 e. The monoisotopic (exact) mass is 217 g/mol. The molecule has 0 spiro atoms. The SMILES string of the molecule is Cc1[nH]c2c(C)cccc2c1CCC(=O)O. The third-order valence-electron chi connectivity index (χ3n) is 2.95. The Hall–Kier alpha value is -1.77. The van der Waals surface area contributed by atoms with Crippen molar-refractivity contribution in [3.8, 4) is 0 Å². The van der Waals surface area contributed by atoms with Gasteiger partial charge in [0.1, 0.15) is 0 Å². The van der Waals surface area contributed by atoms with Crippen LogP contribution in [0.2, 0.25) is 0 Å². The van der Waals surface area contributed by atoms with Crippen molar-refractivity contribution in [2.75, 3.05) is 0 Å². The normalized spacial score (nSPS) is 10.9. The number of H-pyrrole nitrogens is 1. The van der Waals surface area contributed by atoms with Gasteiger partial charge in [-0.25, -0.2) is 0 Å². The highest BCUT2D eigenvalue weighted by Gasteiger charge is 2.10. The minimum Gasteiger partial charge on any atom is -0.481 e. The first-order valence-electron chi connectivity index (χ1n) is 5.38. The van der Waals surface area contributed by atoms with E-state index in [9.17, 15) is 4.79 Å². The van der Waals surface area contributed by atoms with E-state index in [1.807, 2.05) is 19.1 Å². The fourth-order valence-corrected chi connectivity index (χ4v) is 2.10. The molecule has 0 amide bonds. The molecule has 3 nitrogen and oxygen atoms in total. The lowest BCUT2D eigenvalue weighted by atomic mass is 10.0. The summed E-state index contributed by atoms with van der Waals surface area (Å²) >= 11 is 0. The Labute approximate surface area is 94.1 Å². The second-order valence-electron chi connectivity index (χ2n) is 4.12.